The number of aliphatic hydroxyl groups is 1. The lowest BCUT2D eigenvalue weighted by molar-refractivity contribution is -0.181. The molecule has 0 aliphatic heterocycles. The van der Waals surface area contributed by atoms with Crippen molar-refractivity contribution in [1.29, 1.82) is 0 Å². The molecule has 0 aliphatic rings. The van der Waals surface area contributed by atoms with Gasteiger partial charge in [0, 0.05) is 6.92 Å². The molecule has 0 radical (unpaired) electrons. The van der Waals surface area contributed by atoms with Gasteiger partial charge in [-0.15, -0.1) is 0 Å². The van der Waals surface area contributed by atoms with Gasteiger partial charge in [0.15, 0.2) is 0 Å². The fourth-order valence-electron chi connectivity index (χ4n) is 0. The Balaban J connectivity index is 0. The molecule has 0 saturated carbocycles. The molecule has 50 valence electrons. The Morgan fingerprint density at radius 1 is 1.62 bits per heavy atom. The molecule has 4 heteroatoms. The maximum atomic E-state index is 10.6. The first-order valence-electron chi connectivity index (χ1n) is 1.91. The van der Waals surface area contributed by atoms with Crippen LogP contribution in [0, 0.1) is 0 Å². The molecule has 0 saturated heterocycles. The third-order valence-corrected chi connectivity index (χ3v) is 0. The van der Waals surface area contributed by atoms with Crippen LogP contribution in [-0.2, 0) is 4.79 Å². The molecular formula is C4H8F2O2. The van der Waals surface area contributed by atoms with Crippen molar-refractivity contribution in [2.45, 2.75) is 20.0 Å². The molecule has 0 atom stereocenters. The molecule has 0 aliphatic carbocycles. The summed E-state index contributed by atoms with van der Waals surface area (Å²) < 4.78 is 21.2. The fraction of sp³-hybridized carbons (Fsp3) is 0.750. The van der Waals surface area contributed by atoms with E-state index in [2.05, 4.69) is 0 Å². The van der Waals surface area contributed by atoms with E-state index < -0.39 is 6.11 Å². The number of hydrogen-bond donors (Lipinski definition) is 1. The van der Waals surface area contributed by atoms with Gasteiger partial charge in [-0.2, -0.15) is 8.78 Å². The third kappa shape index (κ3) is 426. The summed E-state index contributed by atoms with van der Waals surface area (Å²) in [6, 6.07) is 0. The summed E-state index contributed by atoms with van der Waals surface area (Å²) in [5, 5.41) is 7.19. The van der Waals surface area contributed by atoms with E-state index in [1.807, 2.05) is 0 Å². The van der Waals surface area contributed by atoms with Gasteiger partial charge in [-0.1, -0.05) is 0 Å². The van der Waals surface area contributed by atoms with Crippen LogP contribution in [0.5, 0.6) is 0 Å². The predicted molar refractivity (Wildman–Crippen MR) is 24.6 cm³/mol. The molecule has 0 aromatic heterocycles. The summed E-state index contributed by atoms with van der Waals surface area (Å²) in [7, 11) is 0. The zero-order valence-electron chi connectivity index (χ0n) is 4.69. The van der Waals surface area contributed by atoms with Crippen LogP contribution in [0.15, 0.2) is 0 Å². The molecule has 0 unspecified atom stereocenters. The van der Waals surface area contributed by atoms with E-state index in [4.69, 9.17) is 9.90 Å². The standard InChI is InChI=1S/C2H4F2O.C2H4O/c1-2(3,4)5;1-2-3/h5H,1H3;2H,1H3. The number of hydrogen-bond acceptors (Lipinski definition) is 2. The van der Waals surface area contributed by atoms with Gasteiger partial charge in [0.2, 0.25) is 0 Å². The van der Waals surface area contributed by atoms with E-state index in [1.54, 1.807) is 0 Å². The van der Waals surface area contributed by atoms with Crippen LogP contribution in [0.25, 0.3) is 0 Å². The largest absolute Gasteiger partial charge is 0.350 e. The molecule has 0 aromatic rings. The van der Waals surface area contributed by atoms with Crippen LogP contribution >= 0.6 is 0 Å². The number of carbonyl (C=O) groups excluding carboxylic acids is 1. The van der Waals surface area contributed by atoms with E-state index in [-0.39, 0.29) is 0 Å². The van der Waals surface area contributed by atoms with Crippen LogP contribution in [0.1, 0.15) is 13.8 Å². The van der Waals surface area contributed by atoms with Gasteiger partial charge in [0.05, 0.1) is 0 Å². The first kappa shape index (κ1) is 10.5. The maximum Gasteiger partial charge on any atom is 0.350 e. The highest BCUT2D eigenvalue weighted by atomic mass is 19.3. The van der Waals surface area contributed by atoms with Crippen molar-refractivity contribution < 1.29 is 18.7 Å². The van der Waals surface area contributed by atoms with Gasteiger partial charge in [-0.3, -0.25) is 0 Å². The van der Waals surface area contributed by atoms with Crippen molar-refractivity contribution in [3.8, 4) is 0 Å². The molecule has 0 amide bonds. The molecule has 0 bridgehead atoms. The van der Waals surface area contributed by atoms with Crippen molar-refractivity contribution >= 4 is 6.29 Å². The average molecular weight is 126 g/mol. The topological polar surface area (TPSA) is 37.3 Å². The number of halogens is 2. The Bertz CT molecular complexity index is 51.5. The summed E-state index contributed by atoms with van der Waals surface area (Å²) >= 11 is 0. The minimum absolute atomic E-state index is 0.410. The molecule has 0 heterocycles. The zero-order chi connectivity index (χ0) is 7.21. The van der Waals surface area contributed by atoms with E-state index in [0.717, 1.165) is 6.29 Å². The average Bonchev–Trinajstić information content (AvgIpc) is 1.27. The number of rotatable bonds is 0. The molecule has 0 fully saturated rings. The first-order chi connectivity index (χ1) is 3.41. The van der Waals surface area contributed by atoms with Crippen LogP contribution in [0.2, 0.25) is 0 Å². The number of alkyl halides is 2. The summed E-state index contributed by atoms with van der Waals surface area (Å²) in [5.41, 5.74) is 0. The van der Waals surface area contributed by atoms with Gasteiger partial charge in [0.1, 0.15) is 6.29 Å². The molecule has 0 aromatic carbocycles. The van der Waals surface area contributed by atoms with E-state index in [0.29, 0.717) is 6.92 Å². The summed E-state index contributed by atoms with van der Waals surface area (Å²) in [4.78, 5) is 8.81. The van der Waals surface area contributed by atoms with Crippen molar-refractivity contribution in [2.75, 3.05) is 0 Å². The number of carbonyl (C=O) groups is 1. The molecule has 1 N–H and O–H groups in total. The Morgan fingerprint density at radius 3 is 1.62 bits per heavy atom. The Hall–Kier alpha value is -0.510. The predicted octanol–water partition coefficient (Wildman–Crippen LogP) is 0.797. The normalized spacial score (nSPS) is 9.12. The summed E-state index contributed by atoms with van der Waals surface area (Å²) in [6.45, 7) is 1.85. The first-order valence-corrected chi connectivity index (χ1v) is 1.91. The lowest BCUT2D eigenvalue weighted by Gasteiger charge is -1.93. The Labute approximate surface area is 46.1 Å². The second kappa shape index (κ2) is 4.64. The van der Waals surface area contributed by atoms with Crippen molar-refractivity contribution in [1.82, 2.24) is 0 Å². The number of aldehydes is 1. The smallest absolute Gasteiger partial charge is 0.337 e. The molecule has 2 nitrogen and oxygen atoms in total. The zero-order valence-corrected chi connectivity index (χ0v) is 4.69. The van der Waals surface area contributed by atoms with Gasteiger partial charge in [0.25, 0.3) is 0 Å². The highest BCUT2D eigenvalue weighted by molar-refractivity contribution is 5.44. The molecular weight excluding hydrogens is 118 g/mol. The van der Waals surface area contributed by atoms with E-state index in [1.165, 1.54) is 6.92 Å². The SMILES string of the molecule is CC(O)(F)F.CC=O. The van der Waals surface area contributed by atoms with Gasteiger partial charge in [-0.25, -0.2) is 0 Å². The van der Waals surface area contributed by atoms with Crippen molar-refractivity contribution in [2.24, 2.45) is 0 Å². The Kier molecular flexibility index (Phi) is 6.08. The minimum atomic E-state index is -3.50. The van der Waals surface area contributed by atoms with Crippen LogP contribution in [-0.4, -0.2) is 17.5 Å². The van der Waals surface area contributed by atoms with Crippen molar-refractivity contribution in [3.05, 3.63) is 0 Å². The summed E-state index contributed by atoms with van der Waals surface area (Å²) in [5.74, 6) is 0. The fourth-order valence-corrected chi connectivity index (χ4v) is 0. The summed E-state index contributed by atoms with van der Waals surface area (Å²) in [6.07, 6.45) is -2.75. The van der Waals surface area contributed by atoms with Crippen molar-refractivity contribution in [3.63, 3.8) is 0 Å². The third-order valence-electron chi connectivity index (χ3n) is 0. The quantitative estimate of drug-likeness (QED) is 0.487. The van der Waals surface area contributed by atoms with Crippen LogP contribution < -0.4 is 0 Å². The molecule has 0 spiro atoms. The second-order valence-electron chi connectivity index (χ2n) is 1.08. The lowest BCUT2D eigenvalue weighted by atomic mass is 10.8. The van der Waals surface area contributed by atoms with E-state index in [9.17, 15) is 8.78 Å². The lowest BCUT2D eigenvalue weighted by Crippen LogP contribution is -2.04. The van der Waals surface area contributed by atoms with Crippen LogP contribution in [0.4, 0.5) is 8.78 Å². The monoisotopic (exact) mass is 126 g/mol. The van der Waals surface area contributed by atoms with E-state index >= 15 is 0 Å². The van der Waals surface area contributed by atoms with Gasteiger partial charge in [-0.05, 0) is 6.92 Å². The second-order valence-corrected chi connectivity index (χ2v) is 1.08. The maximum absolute atomic E-state index is 10.6. The van der Waals surface area contributed by atoms with Gasteiger partial charge < -0.3 is 9.90 Å². The Morgan fingerprint density at radius 2 is 1.62 bits per heavy atom. The van der Waals surface area contributed by atoms with Gasteiger partial charge >= 0.3 is 6.11 Å². The molecule has 0 rings (SSSR count). The minimum Gasteiger partial charge on any atom is -0.337 e. The van der Waals surface area contributed by atoms with Crippen LogP contribution in [0.3, 0.4) is 0 Å². The molecule has 8 heavy (non-hydrogen) atoms. The highest BCUT2D eigenvalue weighted by Crippen LogP contribution is 2.02. The highest BCUT2D eigenvalue weighted by Gasteiger charge is 2.11.